The Morgan fingerprint density at radius 2 is 1.67 bits per heavy atom. The minimum Gasteiger partial charge on any atom is -0.494 e. The molecule has 0 aliphatic rings. The average Bonchev–Trinajstić information content (AvgIpc) is 2.82. The lowest BCUT2D eigenvalue weighted by Gasteiger charge is -2.10. The van der Waals surface area contributed by atoms with Gasteiger partial charge < -0.3 is 4.74 Å². The molecule has 0 unspecified atom stereocenters. The largest absolute Gasteiger partial charge is 0.494 e. The minimum atomic E-state index is -0.543. The number of ether oxygens (including phenoxy) is 1. The van der Waals surface area contributed by atoms with Gasteiger partial charge in [0.1, 0.15) is 17.0 Å². The van der Waals surface area contributed by atoms with Crippen LogP contribution in [0.25, 0.3) is 21.7 Å². The third-order valence-corrected chi connectivity index (χ3v) is 4.69. The molecule has 4 aromatic rings. The molecule has 0 fully saturated rings. The van der Waals surface area contributed by atoms with Crippen LogP contribution in [0.3, 0.4) is 0 Å². The molecule has 0 bridgehead atoms. The zero-order chi connectivity index (χ0) is 18.8. The smallest absolute Gasteiger partial charge is 0.296 e. The highest BCUT2D eigenvalue weighted by Crippen LogP contribution is 2.34. The quantitative estimate of drug-likeness (QED) is 0.536. The fourth-order valence-electron chi connectivity index (χ4n) is 3.45. The zero-order valence-corrected chi connectivity index (χ0v) is 14.8. The van der Waals surface area contributed by atoms with Crippen molar-refractivity contribution in [2.75, 3.05) is 12.6 Å². The van der Waals surface area contributed by atoms with Gasteiger partial charge in [0.05, 0.1) is 7.11 Å². The molecular weight excluding hydrogens is 340 g/mol. The first kappa shape index (κ1) is 17.0. The summed E-state index contributed by atoms with van der Waals surface area (Å²) in [5.74, 6) is 0.518. The van der Waals surface area contributed by atoms with Gasteiger partial charge in [-0.25, -0.2) is 4.98 Å². The first-order chi connectivity index (χ1) is 13.2. The summed E-state index contributed by atoms with van der Waals surface area (Å²) < 4.78 is 5.47. The molecule has 134 valence electrons. The molecule has 3 aromatic carbocycles. The fourth-order valence-corrected chi connectivity index (χ4v) is 3.45. The van der Waals surface area contributed by atoms with Gasteiger partial charge in [-0.2, -0.15) is 0 Å². The summed E-state index contributed by atoms with van der Waals surface area (Å²) in [6.07, 6.45) is 0.688. The number of fused-ring (bicyclic) bond motifs is 3. The van der Waals surface area contributed by atoms with Gasteiger partial charge in [-0.1, -0.05) is 60.7 Å². The van der Waals surface area contributed by atoms with E-state index in [4.69, 9.17) is 4.74 Å². The van der Waals surface area contributed by atoms with E-state index in [1.54, 1.807) is 13.2 Å². The Morgan fingerprint density at radius 1 is 0.963 bits per heavy atom. The number of methoxy groups -OCH3 is 1. The number of benzene rings is 3. The molecule has 0 spiro atoms. The molecule has 4 rings (SSSR count). The Kier molecular flexibility index (Phi) is 4.44. The molecule has 5 nitrogen and oxygen atoms in total. The van der Waals surface area contributed by atoms with E-state index >= 15 is 0 Å². The van der Waals surface area contributed by atoms with E-state index in [2.05, 4.69) is 17.1 Å². The molecule has 0 saturated carbocycles. The number of nitrogens with zero attached hydrogens (tertiary/aromatic N) is 1. The van der Waals surface area contributed by atoms with Crippen LogP contribution in [0, 0.1) is 0 Å². The third-order valence-electron chi connectivity index (χ3n) is 4.69. The fraction of sp³-hybridized carbons (Fsp3) is 0.0909. The summed E-state index contributed by atoms with van der Waals surface area (Å²) in [5.41, 5.74) is 4.19. The van der Waals surface area contributed by atoms with E-state index < -0.39 is 5.56 Å². The number of nitrogens with one attached hydrogen (secondary N) is 1. The Hall–Kier alpha value is -3.44. The van der Waals surface area contributed by atoms with Gasteiger partial charge in [0.2, 0.25) is 0 Å². The van der Waals surface area contributed by atoms with Gasteiger partial charge in [-0.05, 0) is 29.0 Å². The highest BCUT2D eigenvalue weighted by atomic mass is 16.5. The summed E-state index contributed by atoms with van der Waals surface area (Å²) in [6, 6.07) is 21.4. The van der Waals surface area contributed by atoms with E-state index in [1.165, 1.54) is 0 Å². The topological polar surface area (TPSA) is 71.5 Å². The molecule has 0 radical (unpaired) electrons. The van der Waals surface area contributed by atoms with Crippen molar-refractivity contribution in [1.82, 2.24) is 4.98 Å². The van der Waals surface area contributed by atoms with Gasteiger partial charge in [0.25, 0.3) is 5.56 Å². The van der Waals surface area contributed by atoms with Crippen molar-refractivity contribution >= 4 is 27.4 Å². The lowest BCUT2D eigenvalue weighted by atomic mass is 9.97. The number of anilines is 1. The minimum absolute atomic E-state index is 0.0505. The summed E-state index contributed by atoms with van der Waals surface area (Å²) in [4.78, 5) is 16.9. The van der Waals surface area contributed by atoms with Crippen molar-refractivity contribution in [2.24, 2.45) is 0 Å². The van der Waals surface area contributed by atoms with Gasteiger partial charge in [-0.3, -0.25) is 15.5 Å². The maximum atomic E-state index is 12.6. The Morgan fingerprint density at radius 3 is 2.37 bits per heavy atom. The summed E-state index contributed by atoms with van der Waals surface area (Å²) in [5, 5.41) is 11.8. The average molecular weight is 358 g/mol. The highest BCUT2D eigenvalue weighted by Gasteiger charge is 2.15. The molecule has 27 heavy (non-hydrogen) atoms. The Labute approximate surface area is 155 Å². The number of hydrogen-bond donors (Lipinski definition) is 2. The molecular formula is C22H18N2O3. The predicted molar refractivity (Wildman–Crippen MR) is 107 cm³/mol. The van der Waals surface area contributed by atoms with Crippen molar-refractivity contribution in [3.8, 4) is 5.75 Å². The maximum absolute atomic E-state index is 12.6. The first-order valence-corrected chi connectivity index (χ1v) is 8.59. The third kappa shape index (κ3) is 2.98. The lowest BCUT2D eigenvalue weighted by molar-refractivity contribution is 0.389. The van der Waals surface area contributed by atoms with Crippen LogP contribution in [0.5, 0.6) is 5.75 Å². The normalized spacial score (nSPS) is 10.9. The molecule has 2 N–H and O–H groups in total. The SMILES string of the molecule is COc1ccc(Cc2ccccc2)c2c1nc(=O)c(NO)c1ccccc12. The van der Waals surface area contributed by atoms with Crippen molar-refractivity contribution in [2.45, 2.75) is 6.42 Å². The van der Waals surface area contributed by atoms with Gasteiger partial charge in [0.15, 0.2) is 0 Å². The first-order valence-electron chi connectivity index (χ1n) is 8.59. The standard InChI is InChI=1S/C22H18N2O3/c1-27-18-12-11-15(13-14-7-3-2-4-8-14)19-16-9-5-6-10-17(16)20(24-26)22(25)23-21(18)19/h2-12,26H,13H2,1H3,(H,23,24,25). The van der Waals surface area contributed by atoms with Crippen LogP contribution in [-0.2, 0) is 6.42 Å². The van der Waals surface area contributed by atoms with E-state index in [0.717, 1.165) is 21.9 Å². The number of hydrogen-bond acceptors (Lipinski definition) is 5. The van der Waals surface area contributed by atoms with Crippen LogP contribution in [-0.4, -0.2) is 17.3 Å². The molecule has 0 amide bonds. The van der Waals surface area contributed by atoms with Crippen LogP contribution in [0.4, 0.5) is 5.69 Å². The van der Waals surface area contributed by atoms with Crippen LogP contribution in [0.1, 0.15) is 11.1 Å². The summed E-state index contributed by atoms with van der Waals surface area (Å²) in [7, 11) is 1.55. The van der Waals surface area contributed by atoms with E-state index in [9.17, 15) is 10.0 Å². The molecule has 5 heteroatoms. The Bertz CT molecular complexity index is 1190. The monoisotopic (exact) mass is 358 g/mol. The van der Waals surface area contributed by atoms with Gasteiger partial charge in [-0.15, -0.1) is 0 Å². The molecule has 0 aliphatic heterocycles. The number of rotatable bonds is 4. The van der Waals surface area contributed by atoms with Crippen LogP contribution in [0.2, 0.25) is 0 Å². The molecule has 0 atom stereocenters. The summed E-state index contributed by atoms with van der Waals surface area (Å²) in [6.45, 7) is 0. The van der Waals surface area contributed by atoms with E-state index in [0.29, 0.717) is 23.1 Å². The predicted octanol–water partition coefficient (Wildman–Crippen LogP) is 4.15. The second-order valence-corrected chi connectivity index (χ2v) is 6.26. The second kappa shape index (κ2) is 7.05. The van der Waals surface area contributed by atoms with Gasteiger partial charge >= 0.3 is 0 Å². The van der Waals surface area contributed by atoms with Crippen LogP contribution in [0.15, 0.2) is 71.5 Å². The van der Waals surface area contributed by atoms with Gasteiger partial charge in [0, 0.05) is 10.8 Å². The second-order valence-electron chi connectivity index (χ2n) is 6.26. The highest BCUT2D eigenvalue weighted by molar-refractivity contribution is 6.11. The van der Waals surface area contributed by atoms with Crippen molar-refractivity contribution in [3.63, 3.8) is 0 Å². The van der Waals surface area contributed by atoms with Crippen molar-refractivity contribution in [1.29, 1.82) is 0 Å². The molecule has 0 aliphatic carbocycles. The van der Waals surface area contributed by atoms with Crippen LogP contribution < -0.4 is 15.8 Å². The molecule has 0 saturated heterocycles. The lowest BCUT2D eigenvalue weighted by Crippen LogP contribution is -2.09. The maximum Gasteiger partial charge on any atom is 0.296 e. The molecule has 1 heterocycles. The number of aromatic nitrogens is 1. The van der Waals surface area contributed by atoms with E-state index in [-0.39, 0.29) is 5.69 Å². The summed E-state index contributed by atoms with van der Waals surface area (Å²) >= 11 is 0. The van der Waals surface area contributed by atoms with Crippen molar-refractivity contribution < 1.29 is 9.94 Å². The van der Waals surface area contributed by atoms with E-state index in [1.807, 2.05) is 54.0 Å². The molecule has 1 aromatic heterocycles. The van der Waals surface area contributed by atoms with Crippen molar-refractivity contribution in [3.05, 3.63) is 88.2 Å². The Balaban J connectivity index is 2.17. The van der Waals surface area contributed by atoms with Crippen LogP contribution >= 0.6 is 0 Å². The zero-order valence-electron chi connectivity index (χ0n) is 14.8.